The smallest absolute Gasteiger partial charge is 0.180 e. The minimum absolute atomic E-state index is 0.0366. The molecular formula is C21H21ClN4O. The fourth-order valence-corrected chi connectivity index (χ4v) is 3.48. The average Bonchev–Trinajstić information content (AvgIpc) is 2.71. The zero-order chi connectivity index (χ0) is 18.8. The maximum atomic E-state index is 6.16. The van der Waals surface area contributed by atoms with Crippen LogP contribution in [0.25, 0.3) is 11.5 Å². The first-order chi connectivity index (χ1) is 13.1. The van der Waals surface area contributed by atoms with Crippen LogP contribution in [-0.2, 0) is 4.74 Å². The molecule has 5 nitrogen and oxygen atoms in total. The van der Waals surface area contributed by atoms with E-state index in [1.807, 2.05) is 43.3 Å². The number of pyridine rings is 1. The summed E-state index contributed by atoms with van der Waals surface area (Å²) in [6.45, 7) is 6.23. The number of hydrogen-bond acceptors (Lipinski definition) is 5. The monoisotopic (exact) mass is 380 g/mol. The summed E-state index contributed by atoms with van der Waals surface area (Å²) in [5.41, 5.74) is 3.91. The van der Waals surface area contributed by atoms with Gasteiger partial charge >= 0.3 is 0 Å². The molecule has 1 saturated heterocycles. The summed E-state index contributed by atoms with van der Waals surface area (Å²) in [4.78, 5) is 16.1. The summed E-state index contributed by atoms with van der Waals surface area (Å²) < 4.78 is 6.00. The molecule has 0 spiro atoms. The fourth-order valence-electron chi connectivity index (χ4n) is 3.28. The van der Waals surface area contributed by atoms with E-state index in [-0.39, 0.29) is 6.10 Å². The van der Waals surface area contributed by atoms with Gasteiger partial charge in [0.2, 0.25) is 0 Å². The molecule has 1 aliphatic heterocycles. The lowest BCUT2D eigenvalue weighted by molar-refractivity contribution is 0.0395. The van der Waals surface area contributed by atoms with Gasteiger partial charge in [-0.3, -0.25) is 4.98 Å². The number of rotatable bonds is 3. The van der Waals surface area contributed by atoms with Crippen molar-refractivity contribution in [1.29, 1.82) is 0 Å². The van der Waals surface area contributed by atoms with Gasteiger partial charge in [0.1, 0.15) is 17.6 Å². The molecule has 3 aromatic rings. The summed E-state index contributed by atoms with van der Waals surface area (Å²) in [5, 5.41) is 0.722. The SMILES string of the molecule is Cc1nc(-c2ccccn2)nc(N2CCOC(c3cccc(Cl)c3)C2)c1C. The van der Waals surface area contributed by atoms with Gasteiger partial charge in [-0.1, -0.05) is 29.8 Å². The van der Waals surface area contributed by atoms with Crippen LogP contribution in [0.4, 0.5) is 5.82 Å². The molecule has 0 radical (unpaired) electrons. The molecule has 0 aliphatic carbocycles. The van der Waals surface area contributed by atoms with E-state index < -0.39 is 0 Å². The first-order valence-electron chi connectivity index (χ1n) is 9.00. The molecular weight excluding hydrogens is 360 g/mol. The van der Waals surface area contributed by atoms with E-state index in [9.17, 15) is 0 Å². The average molecular weight is 381 g/mol. The van der Waals surface area contributed by atoms with Crippen molar-refractivity contribution < 1.29 is 4.74 Å². The molecule has 2 aromatic heterocycles. The highest BCUT2D eigenvalue weighted by Crippen LogP contribution is 2.30. The second-order valence-corrected chi connectivity index (χ2v) is 7.09. The minimum Gasteiger partial charge on any atom is -0.370 e. The van der Waals surface area contributed by atoms with Crippen LogP contribution >= 0.6 is 11.6 Å². The van der Waals surface area contributed by atoms with Gasteiger partial charge in [-0.15, -0.1) is 0 Å². The van der Waals surface area contributed by atoms with Crippen molar-refractivity contribution >= 4 is 17.4 Å². The first kappa shape index (κ1) is 17.9. The van der Waals surface area contributed by atoms with Crippen LogP contribution in [0, 0.1) is 13.8 Å². The Hall–Kier alpha value is -2.50. The van der Waals surface area contributed by atoms with Crippen molar-refractivity contribution in [2.75, 3.05) is 24.6 Å². The molecule has 6 heteroatoms. The van der Waals surface area contributed by atoms with E-state index in [4.69, 9.17) is 21.3 Å². The largest absolute Gasteiger partial charge is 0.370 e. The summed E-state index contributed by atoms with van der Waals surface area (Å²) >= 11 is 6.16. The molecule has 4 rings (SSSR count). The van der Waals surface area contributed by atoms with Crippen molar-refractivity contribution in [2.24, 2.45) is 0 Å². The Morgan fingerprint density at radius 1 is 1.11 bits per heavy atom. The van der Waals surface area contributed by atoms with Gasteiger partial charge in [-0.2, -0.15) is 0 Å². The van der Waals surface area contributed by atoms with E-state index in [0.717, 1.165) is 46.4 Å². The molecule has 3 heterocycles. The molecule has 1 unspecified atom stereocenters. The number of aromatic nitrogens is 3. The van der Waals surface area contributed by atoms with E-state index in [0.29, 0.717) is 12.4 Å². The van der Waals surface area contributed by atoms with Gasteiger partial charge in [0.05, 0.1) is 6.61 Å². The maximum Gasteiger partial charge on any atom is 0.180 e. The number of morpholine rings is 1. The number of benzene rings is 1. The molecule has 1 aromatic carbocycles. The molecule has 0 N–H and O–H groups in total. The second-order valence-electron chi connectivity index (χ2n) is 6.66. The van der Waals surface area contributed by atoms with E-state index in [1.165, 1.54) is 0 Å². The van der Waals surface area contributed by atoms with Crippen LogP contribution < -0.4 is 4.90 Å². The van der Waals surface area contributed by atoms with E-state index in [1.54, 1.807) is 6.20 Å². The maximum absolute atomic E-state index is 6.16. The molecule has 1 aliphatic rings. The molecule has 27 heavy (non-hydrogen) atoms. The molecule has 0 amide bonds. The Bertz CT molecular complexity index is 948. The number of halogens is 1. The van der Waals surface area contributed by atoms with Gasteiger partial charge in [-0.25, -0.2) is 9.97 Å². The Morgan fingerprint density at radius 2 is 2.00 bits per heavy atom. The van der Waals surface area contributed by atoms with Gasteiger partial charge in [0.25, 0.3) is 0 Å². The quantitative estimate of drug-likeness (QED) is 0.674. The van der Waals surface area contributed by atoms with Crippen molar-refractivity contribution in [1.82, 2.24) is 15.0 Å². The van der Waals surface area contributed by atoms with Crippen LogP contribution in [0.5, 0.6) is 0 Å². The highest BCUT2D eigenvalue weighted by atomic mass is 35.5. The Balaban J connectivity index is 1.67. The topological polar surface area (TPSA) is 51.1 Å². The van der Waals surface area contributed by atoms with Gasteiger partial charge in [0, 0.05) is 35.6 Å². The van der Waals surface area contributed by atoms with Crippen molar-refractivity contribution in [2.45, 2.75) is 20.0 Å². The van der Waals surface area contributed by atoms with Gasteiger partial charge < -0.3 is 9.64 Å². The molecule has 138 valence electrons. The lowest BCUT2D eigenvalue weighted by Crippen LogP contribution is -2.39. The number of anilines is 1. The number of ether oxygens (including phenoxy) is 1. The third-order valence-electron chi connectivity index (χ3n) is 4.84. The van der Waals surface area contributed by atoms with Crippen LogP contribution in [0.15, 0.2) is 48.7 Å². The molecule has 1 fully saturated rings. The standard InChI is InChI=1S/C21H21ClN4O/c1-14-15(2)24-20(18-8-3-4-9-23-18)25-21(14)26-10-11-27-19(13-26)16-6-5-7-17(22)12-16/h3-9,12,19H,10-11,13H2,1-2H3. The lowest BCUT2D eigenvalue weighted by Gasteiger charge is -2.35. The minimum atomic E-state index is -0.0366. The normalized spacial score (nSPS) is 17.1. The summed E-state index contributed by atoms with van der Waals surface area (Å²) in [6.07, 6.45) is 1.72. The van der Waals surface area contributed by atoms with E-state index in [2.05, 4.69) is 27.9 Å². The predicted octanol–water partition coefficient (Wildman–Crippen LogP) is 4.39. The number of aryl methyl sites for hydroxylation is 1. The summed E-state index contributed by atoms with van der Waals surface area (Å²) in [7, 11) is 0. The highest BCUT2D eigenvalue weighted by molar-refractivity contribution is 6.30. The Kier molecular flexibility index (Phi) is 5.05. The first-order valence-corrected chi connectivity index (χ1v) is 9.38. The number of hydrogen-bond donors (Lipinski definition) is 0. The summed E-state index contributed by atoms with van der Waals surface area (Å²) in [5.74, 6) is 1.60. The third-order valence-corrected chi connectivity index (χ3v) is 5.08. The second kappa shape index (κ2) is 7.62. The Labute approximate surface area is 164 Å². The highest BCUT2D eigenvalue weighted by Gasteiger charge is 2.25. The molecule has 0 bridgehead atoms. The number of nitrogens with zero attached hydrogens (tertiary/aromatic N) is 4. The van der Waals surface area contributed by atoms with Gasteiger partial charge in [0.15, 0.2) is 5.82 Å². The predicted molar refractivity (Wildman–Crippen MR) is 107 cm³/mol. The van der Waals surface area contributed by atoms with Crippen molar-refractivity contribution in [3.05, 3.63) is 70.5 Å². The lowest BCUT2D eigenvalue weighted by atomic mass is 10.1. The van der Waals surface area contributed by atoms with Crippen LogP contribution in [-0.4, -0.2) is 34.6 Å². The van der Waals surface area contributed by atoms with E-state index >= 15 is 0 Å². The molecule has 1 atom stereocenters. The van der Waals surface area contributed by atoms with Gasteiger partial charge in [-0.05, 0) is 43.7 Å². The van der Waals surface area contributed by atoms with Crippen molar-refractivity contribution in [3.63, 3.8) is 0 Å². The zero-order valence-corrected chi connectivity index (χ0v) is 16.1. The van der Waals surface area contributed by atoms with Crippen LogP contribution in [0.2, 0.25) is 5.02 Å². The zero-order valence-electron chi connectivity index (χ0n) is 15.4. The van der Waals surface area contributed by atoms with Crippen molar-refractivity contribution in [3.8, 4) is 11.5 Å². The molecule has 0 saturated carbocycles. The van der Waals surface area contributed by atoms with Crippen LogP contribution in [0.1, 0.15) is 22.9 Å². The third kappa shape index (κ3) is 3.80. The summed E-state index contributed by atoms with van der Waals surface area (Å²) in [6, 6.07) is 13.6. The van der Waals surface area contributed by atoms with Crippen LogP contribution in [0.3, 0.4) is 0 Å². The fraction of sp³-hybridized carbons (Fsp3) is 0.286. The Morgan fingerprint density at radius 3 is 2.78 bits per heavy atom.